The molecule has 0 aliphatic rings. The number of carboxylic acid groups (broad SMARTS) is 1. The first-order chi connectivity index (χ1) is 9.42. The van der Waals surface area contributed by atoms with Crippen molar-refractivity contribution in [3.63, 3.8) is 0 Å². The van der Waals surface area contributed by atoms with Crippen LogP contribution in [0.25, 0.3) is 0 Å². The van der Waals surface area contributed by atoms with Gasteiger partial charge in [0.2, 0.25) is 10.0 Å². The normalized spacial score (nSPS) is 11.4. The molecule has 3 N–H and O–H groups in total. The van der Waals surface area contributed by atoms with Crippen molar-refractivity contribution >= 4 is 16.0 Å². The highest BCUT2D eigenvalue weighted by molar-refractivity contribution is 7.89. The molecule has 0 radical (unpaired) electrons. The summed E-state index contributed by atoms with van der Waals surface area (Å²) >= 11 is 0. The molecule has 10 heteroatoms. The largest absolute Gasteiger partial charge is 0.478 e. The van der Waals surface area contributed by atoms with Gasteiger partial charge in [0.1, 0.15) is 0 Å². The molecule has 0 aliphatic heterocycles. The summed E-state index contributed by atoms with van der Waals surface area (Å²) in [6.07, 6.45) is 0. The van der Waals surface area contributed by atoms with Crippen LogP contribution in [0.3, 0.4) is 0 Å². The van der Waals surface area contributed by atoms with Crippen molar-refractivity contribution in [3.05, 3.63) is 35.2 Å². The lowest BCUT2D eigenvalue weighted by molar-refractivity contribution is 0.0696. The smallest absolute Gasteiger partial charge is 0.335 e. The maximum absolute atomic E-state index is 12.1. The minimum atomic E-state index is -3.86. The predicted molar refractivity (Wildman–Crippen MR) is 66.3 cm³/mol. The molecular formula is C10H11N5O4S. The Labute approximate surface area is 114 Å². The van der Waals surface area contributed by atoms with Gasteiger partial charge in [-0.3, -0.25) is 0 Å². The highest BCUT2D eigenvalue weighted by atomic mass is 32.2. The number of tetrazole rings is 1. The third-order valence-electron chi connectivity index (χ3n) is 2.61. The highest BCUT2D eigenvalue weighted by Crippen LogP contribution is 2.18. The number of hydrogen-bond acceptors (Lipinski definition) is 6. The van der Waals surface area contributed by atoms with Gasteiger partial charge < -0.3 is 5.11 Å². The van der Waals surface area contributed by atoms with Crippen LogP contribution in [0.15, 0.2) is 23.1 Å². The lowest BCUT2D eigenvalue weighted by atomic mass is 10.1. The number of rotatable bonds is 5. The maximum Gasteiger partial charge on any atom is 0.335 e. The minimum Gasteiger partial charge on any atom is -0.478 e. The van der Waals surface area contributed by atoms with E-state index < -0.39 is 16.0 Å². The van der Waals surface area contributed by atoms with Crippen LogP contribution in [0.2, 0.25) is 0 Å². The number of benzene rings is 1. The fourth-order valence-corrected chi connectivity index (χ4v) is 2.88. The van der Waals surface area contributed by atoms with E-state index in [0.717, 1.165) is 0 Å². The van der Waals surface area contributed by atoms with Gasteiger partial charge in [0.25, 0.3) is 0 Å². The second-order valence-electron chi connectivity index (χ2n) is 3.89. The summed E-state index contributed by atoms with van der Waals surface area (Å²) in [6.45, 7) is 1.29. The fraction of sp³-hybridized carbons (Fsp3) is 0.200. The summed E-state index contributed by atoms with van der Waals surface area (Å²) in [5.74, 6) is -1.00. The first kappa shape index (κ1) is 14.1. The average Bonchev–Trinajstić information content (AvgIpc) is 2.89. The van der Waals surface area contributed by atoms with E-state index in [-0.39, 0.29) is 28.4 Å². The van der Waals surface area contributed by atoms with E-state index >= 15 is 0 Å². The van der Waals surface area contributed by atoms with Crippen LogP contribution >= 0.6 is 0 Å². The molecule has 2 aromatic rings. The van der Waals surface area contributed by atoms with Gasteiger partial charge in [0.05, 0.1) is 17.0 Å². The van der Waals surface area contributed by atoms with Crippen LogP contribution in [-0.2, 0) is 16.6 Å². The van der Waals surface area contributed by atoms with Crippen LogP contribution in [-0.4, -0.2) is 40.1 Å². The first-order valence-corrected chi connectivity index (χ1v) is 6.95. The molecule has 0 spiro atoms. The number of H-pyrrole nitrogens is 1. The zero-order chi connectivity index (χ0) is 14.8. The van der Waals surface area contributed by atoms with Crippen molar-refractivity contribution in [2.45, 2.75) is 18.4 Å². The van der Waals surface area contributed by atoms with Crippen LogP contribution in [0.1, 0.15) is 21.7 Å². The number of hydrogen-bond donors (Lipinski definition) is 3. The van der Waals surface area contributed by atoms with E-state index in [4.69, 9.17) is 5.11 Å². The van der Waals surface area contributed by atoms with Crippen molar-refractivity contribution in [2.24, 2.45) is 0 Å². The Morgan fingerprint density at radius 1 is 1.45 bits per heavy atom. The molecule has 106 valence electrons. The highest BCUT2D eigenvalue weighted by Gasteiger charge is 2.20. The van der Waals surface area contributed by atoms with Gasteiger partial charge in [-0.1, -0.05) is 11.3 Å². The Morgan fingerprint density at radius 3 is 2.80 bits per heavy atom. The van der Waals surface area contributed by atoms with Gasteiger partial charge in [-0.05, 0) is 24.6 Å². The van der Waals surface area contributed by atoms with Crippen LogP contribution in [0.4, 0.5) is 0 Å². The van der Waals surface area contributed by atoms with Crippen molar-refractivity contribution in [2.75, 3.05) is 0 Å². The maximum atomic E-state index is 12.1. The summed E-state index contributed by atoms with van der Waals surface area (Å²) in [7, 11) is -3.86. The lowest BCUT2D eigenvalue weighted by Crippen LogP contribution is -2.25. The molecule has 0 aliphatic carbocycles. The number of carboxylic acids is 1. The van der Waals surface area contributed by atoms with Gasteiger partial charge in [-0.15, -0.1) is 10.2 Å². The van der Waals surface area contributed by atoms with Crippen molar-refractivity contribution in [1.82, 2.24) is 25.3 Å². The van der Waals surface area contributed by atoms with E-state index in [1.807, 2.05) is 0 Å². The Morgan fingerprint density at radius 2 is 2.20 bits per heavy atom. The quantitative estimate of drug-likeness (QED) is 0.687. The van der Waals surface area contributed by atoms with Crippen molar-refractivity contribution in [1.29, 1.82) is 0 Å². The number of nitrogens with one attached hydrogen (secondary N) is 2. The standard InChI is InChI=1S/C10H11N5O4S/c1-6-7(10(16)17)3-2-4-8(6)20(18,19)11-5-9-12-14-15-13-9/h2-4,11H,5H2,1H3,(H,16,17)(H,12,13,14,15). The molecule has 1 heterocycles. The third kappa shape index (κ3) is 2.81. The Balaban J connectivity index is 2.30. The predicted octanol–water partition coefficient (Wildman–Crippen LogP) is -0.315. The van der Waals surface area contributed by atoms with Gasteiger partial charge >= 0.3 is 5.97 Å². The van der Waals surface area contributed by atoms with Crippen LogP contribution in [0, 0.1) is 6.92 Å². The van der Waals surface area contributed by atoms with Gasteiger partial charge in [0, 0.05) is 0 Å². The zero-order valence-electron chi connectivity index (χ0n) is 10.4. The SMILES string of the molecule is Cc1c(C(=O)O)cccc1S(=O)(=O)NCc1nn[nH]n1. The molecule has 20 heavy (non-hydrogen) atoms. The number of sulfonamides is 1. The van der Waals surface area contributed by atoms with E-state index in [9.17, 15) is 13.2 Å². The topological polar surface area (TPSA) is 138 Å². The summed E-state index contributed by atoms with van der Waals surface area (Å²) in [5.41, 5.74) is 0.105. The lowest BCUT2D eigenvalue weighted by Gasteiger charge is -2.09. The van der Waals surface area contributed by atoms with Crippen molar-refractivity contribution in [3.8, 4) is 0 Å². The second-order valence-corrected chi connectivity index (χ2v) is 5.62. The Hall–Kier alpha value is -2.33. The van der Waals surface area contributed by atoms with E-state index in [1.54, 1.807) is 0 Å². The number of nitrogens with zero attached hydrogens (tertiary/aromatic N) is 3. The van der Waals surface area contributed by atoms with Gasteiger partial charge in [0.15, 0.2) is 5.82 Å². The molecule has 0 unspecified atom stereocenters. The molecule has 0 fully saturated rings. The molecule has 1 aromatic heterocycles. The number of aromatic amines is 1. The molecule has 0 saturated carbocycles. The summed E-state index contributed by atoms with van der Waals surface area (Å²) < 4.78 is 26.5. The molecule has 2 rings (SSSR count). The number of aromatic carboxylic acids is 1. The Bertz CT molecular complexity index is 726. The molecule has 0 bridgehead atoms. The molecule has 0 saturated heterocycles. The van der Waals surface area contributed by atoms with Crippen LogP contribution < -0.4 is 4.72 Å². The molecular weight excluding hydrogens is 286 g/mol. The second kappa shape index (κ2) is 5.35. The van der Waals surface area contributed by atoms with Gasteiger partial charge in [-0.25, -0.2) is 17.9 Å². The molecule has 0 amide bonds. The zero-order valence-corrected chi connectivity index (χ0v) is 11.2. The van der Waals surface area contributed by atoms with Crippen LogP contribution in [0.5, 0.6) is 0 Å². The summed E-state index contributed by atoms with van der Waals surface area (Å²) in [6, 6.07) is 4.05. The fourth-order valence-electron chi connectivity index (χ4n) is 1.63. The third-order valence-corrected chi connectivity index (χ3v) is 4.16. The molecule has 9 nitrogen and oxygen atoms in total. The number of aromatic nitrogens is 4. The monoisotopic (exact) mass is 297 g/mol. The number of carbonyl (C=O) groups is 1. The van der Waals surface area contributed by atoms with Crippen molar-refractivity contribution < 1.29 is 18.3 Å². The average molecular weight is 297 g/mol. The summed E-state index contributed by atoms with van der Waals surface area (Å²) in [5, 5.41) is 21.7. The first-order valence-electron chi connectivity index (χ1n) is 5.46. The van der Waals surface area contributed by atoms with E-state index in [1.165, 1.54) is 25.1 Å². The Kier molecular flexibility index (Phi) is 3.77. The summed E-state index contributed by atoms with van der Waals surface area (Å²) in [4.78, 5) is 10.9. The minimum absolute atomic E-state index is 0.0626. The van der Waals surface area contributed by atoms with Gasteiger partial charge in [-0.2, -0.15) is 5.21 Å². The molecule has 1 aromatic carbocycles. The van der Waals surface area contributed by atoms with E-state index in [2.05, 4.69) is 25.3 Å². The molecule has 0 atom stereocenters. The van der Waals surface area contributed by atoms with E-state index in [0.29, 0.717) is 0 Å².